The van der Waals surface area contributed by atoms with Crippen LogP contribution in [-0.2, 0) is 55.0 Å². The molecule has 0 unspecified atom stereocenters. The topological polar surface area (TPSA) is 381 Å². The Morgan fingerprint density at radius 1 is 0.677 bits per heavy atom. The summed E-state index contributed by atoms with van der Waals surface area (Å²) in [7, 11) is -2.72. The number of carboxylic acids is 3. The standard InChI is InChI=1S/C62H84F2N14O17S/c1-62(2)40-94-24-22-77(62)61(89)58-48-39-95-51-31-50(93-3)46(30-47(51)59(48)78(70-58)45-28-42(63)27-43(64)29-45)41-26-44(33-65-32-41)68-52(79)7-9-67-60(88)49(69-54(81)35-73-12-10-71(11-13-73)23-25-96(90,91)92)6-4-5-8-66-53(80)34-72-14-16-74(36-55(82)83)18-20-76(38-57(86)87)21-19-75(17-15-72)37-56(84)85/h26-33,49H,4-25,34-40H2,1-3H3,(H,66,80)(H,67,88)(H,68,79)(H,69,81)(H,82,83)(H,84,85)(H,86,87)(H,90,91,92)/t49-/m1/s1. The van der Waals surface area contributed by atoms with Gasteiger partial charge in [-0.05, 0) is 57.4 Å². The van der Waals surface area contributed by atoms with E-state index in [1.54, 1.807) is 42.7 Å². The molecule has 31 nitrogen and oxygen atoms in total. The van der Waals surface area contributed by atoms with Crippen molar-refractivity contribution < 1.29 is 89.6 Å². The van der Waals surface area contributed by atoms with E-state index in [2.05, 4.69) is 26.3 Å². The summed E-state index contributed by atoms with van der Waals surface area (Å²) in [6.07, 6.45) is 3.53. The summed E-state index contributed by atoms with van der Waals surface area (Å²) in [5.74, 6) is -7.15. The Morgan fingerprint density at radius 3 is 1.81 bits per heavy atom. The van der Waals surface area contributed by atoms with Crippen molar-refractivity contribution in [2.75, 3.05) is 169 Å². The van der Waals surface area contributed by atoms with E-state index in [9.17, 15) is 75.4 Å². The van der Waals surface area contributed by atoms with E-state index < -0.39 is 80.6 Å². The molecular formula is C62H84F2N14O17S. The molecule has 3 saturated heterocycles. The SMILES string of the molecule is COc1cc2c(cc1-c1cncc(NC(=O)CCNC(=O)[C@@H](CCCCNC(=O)CN3CCN(CC(=O)O)CCN(CC(=O)O)CCN(CC(=O)O)CC3)NC(=O)CN3CCN(CCS(=O)(=O)O)CC3)c1)-c1c(c(C(=O)N3CCOCC3(C)C)nn1-c1cc(F)cc(F)c1)CO2. The average molecular weight is 1370 g/mol. The average Bonchev–Trinajstić information content (AvgIpc) is 1.54. The number of hydrogen-bond donors (Lipinski definition) is 8. The molecular weight excluding hydrogens is 1280 g/mol. The zero-order valence-electron chi connectivity index (χ0n) is 53.9. The van der Waals surface area contributed by atoms with E-state index in [1.165, 1.54) is 24.2 Å². The molecule has 8 rings (SSSR count). The third-order valence-electron chi connectivity index (χ3n) is 16.8. The van der Waals surface area contributed by atoms with Gasteiger partial charge in [0, 0.05) is 152 Å². The number of aliphatic carboxylic acids is 3. The second-order valence-corrected chi connectivity index (χ2v) is 26.2. The number of anilines is 1. The predicted octanol–water partition coefficient (Wildman–Crippen LogP) is 0.228. The van der Waals surface area contributed by atoms with E-state index in [0.29, 0.717) is 85.1 Å². The fraction of sp³-hybridized carbons (Fsp3) is 0.548. The number of carbonyl (C=O) groups excluding carboxylic acids is 5. The van der Waals surface area contributed by atoms with Crippen LogP contribution in [0, 0.1) is 11.6 Å². The predicted molar refractivity (Wildman–Crippen MR) is 342 cm³/mol. The lowest BCUT2D eigenvalue weighted by atomic mass is 9.95. The van der Waals surface area contributed by atoms with Crippen molar-refractivity contribution in [3.8, 4) is 39.6 Å². The van der Waals surface area contributed by atoms with Gasteiger partial charge in [0.05, 0.1) is 87.6 Å². The first-order valence-electron chi connectivity index (χ1n) is 31.6. The van der Waals surface area contributed by atoms with Crippen molar-refractivity contribution >= 4 is 63.2 Å². The summed E-state index contributed by atoms with van der Waals surface area (Å²) in [4.78, 5) is 121. The molecule has 34 heteroatoms. The highest BCUT2D eigenvalue weighted by molar-refractivity contribution is 7.85. The van der Waals surface area contributed by atoms with Gasteiger partial charge in [-0.25, -0.2) is 13.5 Å². The van der Waals surface area contributed by atoms with Crippen LogP contribution in [0.5, 0.6) is 11.5 Å². The Hall–Kier alpha value is -8.35. The Morgan fingerprint density at radius 2 is 1.25 bits per heavy atom. The first kappa shape index (κ1) is 73.5. The molecule has 2 aromatic heterocycles. The van der Waals surface area contributed by atoms with E-state index in [4.69, 9.17) is 19.3 Å². The lowest BCUT2D eigenvalue weighted by molar-refractivity contribution is -0.140. The number of hydrogen-bond acceptors (Lipinski definition) is 21. The van der Waals surface area contributed by atoms with Crippen LogP contribution in [0.3, 0.4) is 0 Å². The summed E-state index contributed by atoms with van der Waals surface area (Å²) in [6.45, 7) is 6.81. The fourth-order valence-electron chi connectivity index (χ4n) is 11.8. The number of unbranched alkanes of at least 4 members (excludes halogenated alkanes) is 1. The van der Waals surface area contributed by atoms with Crippen LogP contribution >= 0.6 is 0 Å². The normalized spacial score (nSPS) is 17.5. The van der Waals surface area contributed by atoms with Gasteiger partial charge < -0.3 is 55.7 Å². The number of halogens is 2. The van der Waals surface area contributed by atoms with Gasteiger partial charge in [0.25, 0.3) is 16.0 Å². The highest BCUT2D eigenvalue weighted by Crippen LogP contribution is 2.46. The molecule has 0 saturated carbocycles. The van der Waals surface area contributed by atoms with Crippen molar-refractivity contribution in [1.29, 1.82) is 0 Å². The number of carboxylic acid groups (broad SMARTS) is 3. The Labute approximate surface area is 553 Å². The van der Waals surface area contributed by atoms with Gasteiger partial charge in [-0.15, -0.1) is 0 Å². The number of pyridine rings is 1. The number of rotatable bonds is 28. The second kappa shape index (κ2) is 34.0. The molecule has 6 heterocycles. The number of morpholine rings is 1. The third-order valence-corrected chi connectivity index (χ3v) is 17.5. The van der Waals surface area contributed by atoms with Crippen LogP contribution in [-0.4, -0.2) is 300 Å². The van der Waals surface area contributed by atoms with Crippen LogP contribution in [0.4, 0.5) is 14.5 Å². The van der Waals surface area contributed by atoms with Crippen molar-refractivity contribution in [1.82, 2.24) is 65.0 Å². The molecule has 1 atom stereocenters. The summed E-state index contributed by atoms with van der Waals surface area (Å²) in [5.41, 5.74) is 1.60. The highest BCUT2D eigenvalue weighted by atomic mass is 32.2. The molecule has 0 radical (unpaired) electrons. The van der Waals surface area contributed by atoms with Crippen LogP contribution < -0.4 is 30.7 Å². The summed E-state index contributed by atoms with van der Waals surface area (Å²) in [6, 6.07) is 6.82. The van der Waals surface area contributed by atoms with Gasteiger partial charge in [0.15, 0.2) is 5.69 Å². The molecule has 8 N–H and O–H groups in total. The number of methoxy groups -OCH3 is 1. The number of benzene rings is 2. The van der Waals surface area contributed by atoms with E-state index in [1.807, 2.05) is 23.6 Å². The van der Waals surface area contributed by atoms with Gasteiger partial charge in [0.1, 0.15) is 35.8 Å². The third kappa shape index (κ3) is 21.6. The smallest absolute Gasteiger partial charge is 0.317 e. The fourth-order valence-corrected chi connectivity index (χ4v) is 12.3. The molecule has 5 amide bonds. The Bertz CT molecular complexity index is 3520. The van der Waals surface area contributed by atoms with Crippen molar-refractivity contribution in [2.45, 2.75) is 57.7 Å². The Kier molecular flexibility index (Phi) is 26.0. The largest absolute Gasteiger partial charge is 0.496 e. The number of ether oxygens (including phenoxy) is 3. The van der Waals surface area contributed by atoms with Gasteiger partial charge in [-0.1, -0.05) is 0 Å². The van der Waals surface area contributed by atoms with Crippen LogP contribution in [0.1, 0.15) is 55.6 Å². The summed E-state index contributed by atoms with van der Waals surface area (Å²) in [5, 5.41) is 44.6. The molecule has 524 valence electrons. The first-order chi connectivity index (χ1) is 45.7. The van der Waals surface area contributed by atoms with Gasteiger partial charge in [0.2, 0.25) is 23.6 Å². The van der Waals surface area contributed by atoms with Crippen molar-refractivity contribution in [2.24, 2.45) is 0 Å². The van der Waals surface area contributed by atoms with Crippen LogP contribution in [0.2, 0.25) is 0 Å². The zero-order chi connectivity index (χ0) is 69.3. The van der Waals surface area contributed by atoms with E-state index in [0.717, 1.165) is 18.2 Å². The first-order valence-corrected chi connectivity index (χ1v) is 33.2. The number of amides is 5. The lowest BCUT2D eigenvalue weighted by Crippen LogP contribution is -2.55. The maximum Gasteiger partial charge on any atom is 0.317 e. The monoisotopic (exact) mass is 1370 g/mol. The number of nitrogens with one attached hydrogen (secondary N) is 4. The quantitative estimate of drug-likeness (QED) is 0.0279. The maximum atomic E-state index is 14.9. The van der Waals surface area contributed by atoms with Gasteiger partial charge in [-0.3, -0.25) is 77.3 Å². The Balaban J connectivity index is 0.905. The van der Waals surface area contributed by atoms with E-state index >= 15 is 0 Å². The molecule has 0 aliphatic carbocycles. The molecule has 0 bridgehead atoms. The van der Waals surface area contributed by atoms with Gasteiger partial charge in [-0.2, -0.15) is 13.5 Å². The van der Waals surface area contributed by atoms with Crippen LogP contribution in [0.25, 0.3) is 28.1 Å². The molecule has 4 aromatic rings. The zero-order valence-corrected chi connectivity index (χ0v) is 54.8. The van der Waals surface area contributed by atoms with Gasteiger partial charge >= 0.3 is 17.9 Å². The molecule has 4 aliphatic rings. The second-order valence-electron chi connectivity index (χ2n) is 24.6. The molecule has 4 aliphatic heterocycles. The molecule has 3 fully saturated rings. The van der Waals surface area contributed by atoms with E-state index in [-0.39, 0.29) is 160 Å². The number of aromatic nitrogens is 3. The number of fused-ring (bicyclic) bond motifs is 3. The molecule has 0 spiro atoms. The molecule has 2 aromatic carbocycles. The minimum absolute atomic E-state index is 0.0103. The minimum Gasteiger partial charge on any atom is -0.496 e. The highest BCUT2D eigenvalue weighted by Gasteiger charge is 2.40. The van der Waals surface area contributed by atoms with Crippen molar-refractivity contribution in [3.05, 3.63) is 71.7 Å². The number of piperazine rings is 1. The summed E-state index contributed by atoms with van der Waals surface area (Å²) < 4.78 is 80.8. The van der Waals surface area contributed by atoms with Crippen molar-refractivity contribution in [3.63, 3.8) is 0 Å². The maximum absolute atomic E-state index is 14.9. The number of nitrogens with zero attached hydrogens (tertiary/aromatic N) is 10. The summed E-state index contributed by atoms with van der Waals surface area (Å²) >= 11 is 0. The van der Waals surface area contributed by atoms with Crippen LogP contribution in [0.15, 0.2) is 48.8 Å². The number of carbonyl (C=O) groups is 8. The molecule has 96 heavy (non-hydrogen) atoms. The lowest BCUT2D eigenvalue weighted by Gasteiger charge is -2.41. The minimum atomic E-state index is -4.17.